The third kappa shape index (κ3) is 2.37. The van der Waals surface area contributed by atoms with Crippen LogP contribution in [0.2, 0.25) is 0 Å². The molecule has 0 bridgehead atoms. The molecular formula is C8H4F6OS. The van der Waals surface area contributed by atoms with Gasteiger partial charge in [-0.1, -0.05) is 0 Å². The molecule has 1 N–H and O–H groups in total. The first-order valence-electron chi connectivity index (χ1n) is 3.74. The van der Waals surface area contributed by atoms with Gasteiger partial charge in [0.15, 0.2) is 0 Å². The molecule has 0 aliphatic heterocycles. The molecule has 0 unspecified atom stereocenters. The molecule has 0 aliphatic carbocycles. The minimum absolute atomic E-state index is 0.165. The van der Waals surface area contributed by atoms with E-state index >= 15 is 0 Å². The summed E-state index contributed by atoms with van der Waals surface area (Å²) in [7, 11) is 0. The maximum atomic E-state index is 12.4. The van der Waals surface area contributed by atoms with Crippen molar-refractivity contribution in [2.75, 3.05) is 0 Å². The third-order valence-corrected chi connectivity index (χ3v) is 2.20. The van der Waals surface area contributed by atoms with Gasteiger partial charge in [0.25, 0.3) is 0 Å². The highest BCUT2D eigenvalue weighted by molar-refractivity contribution is 7.80. The van der Waals surface area contributed by atoms with E-state index in [9.17, 15) is 26.3 Å². The maximum absolute atomic E-state index is 12.4. The van der Waals surface area contributed by atoms with E-state index in [1.807, 2.05) is 0 Å². The van der Waals surface area contributed by atoms with Crippen molar-refractivity contribution < 1.29 is 31.4 Å². The number of hydrogen-bond donors (Lipinski definition) is 2. The lowest BCUT2D eigenvalue weighted by Gasteiger charge is -2.17. The molecule has 1 rings (SSSR count). The summed E-state index contributed by atoms with van der Waals surface area (Å²) >= 11 is 3.24. The number of halogens is 6. The molecule has 0 radical (unpaired) electrons. The van der Waals surface area contributed by atoms with Gasteiger partial charge in [0, 0.05) is 0 Å². The van der Waals surface area contributed by atoms with E-state index < -0.39 is 34.1 Å². The summed E-state index contributed by atoms with van der Waals surface area (Å²) < 4.78 is 73.9. The van der Waals surface area contributed by atoms with E-state index in [4.69, 9.17) is 5.11 Å². The second kappa shape index (κ2) is 3.76. The molecule has 0 aliphatic rings. The number of rotatable bonds is 0. The predicted molar refractivity (Wildman–Crippen MR) is 45.4 cm³/mol. The zero-order chi connectivity index (χ0) is 12.7. The first-order chi connectivity index (χ1) is 7.05. The standard InChI is InChI=1S/C8H4F6OS/c9-7(10,11)3-1-2-4(15)6(16)5(3)8(12,13)14/h1-2,15-16H. The van der Waals surface area contributed by atoms with Crippen LogP contribution in [0.15, 0.2) is 17.0 Å². The topological polar surface area (TPSA) is 20.2 Å². The molecular weight excluding hydrogens is 258 g/mol. The molecule has 8 heteroatoms. The van der Waals surface area contributed by atoms with Crippen LogP contribution in [0.3, 0.4) is 0 Å². The number of phenolic OH excluding ortho intramolecular Hbond substituents is 1. The van der Waals surface area contributed by atoms with Gasteiger partial charge >= 0.3 is 12.4 Å². The van der Waals surface area contributed by atoms with E-state index in [-0.39, 0.29) is 6.07 Å². The van der Waals surface area contributed by atoms with Crippen LogP contribution in [0.5, 0.6) is 5.75 Å². The zero-order valence-corrected chi connectivity index (χ0v) is 8.21. The zero-order valence-electron chi connectivity index (χ0n) is 7.32. The van der Waals surface area contributed by atoms with Gasteiger partial charge in [-0.05, 0) is 12.1 Å². The van der Waals surface area contributed by atoms with Crippen LogP contribution in [-0.2, 0) is 12.4 Å². The Morgan fingerprint density at radius 1 is 0.938 bits per heavy atom. The Kier molecular flexibility index (Phi) is 3.06. The molecule has 0 atom stereocenters. The van der Waals surface area contributed by atoms with Gasteiger partial charge < -0.3 is 5.11 Å². The second-order valence-corrected chi connectivity index (χ2v) is 3.30. The van der Waals surface area contributed by atoms with Crippen LogP contribution >= 0.6 is 12.6 Å². The molecule has 0 fully saturated rings. The van der Waals surface area contributed by atoms with E-state index in [1.165, 1.54) is 0 Å². The number of alkyl halides is 6. The summed E-state index contributed by atoms with van der Waals surface area (Å²) in [6.07, 6.45) is -10.4. The molecule has 90 valence electrons. The van der Waals surface area contributed by atoms with Gasteiger partial charge in [0.05, 0.1) is 16.0 Å². The first-order valence-corrected chi connectivity index (χ1v) is 4.19. The second-order valence-electron chi connectivity index (χ2n) is 2.85. The largest absolute Gasteiger partial charge is 0.507 e. The van der Waals surface area contributed by atoms with Crippen LogP contribution < -0.4 is 0 Å². The van der Waals surface area contributed by atoms with E-state index in [0.717, 1.165) is 0 Å². The van der Waals surface area contributed by atoms with Crippen molar-refractivity contribution >= 4 is 12.6 Å². The first kappa shape index (κ1) is 13.0. The number of benzene rings is 1. The number of thiol groups is 1. The van der Waals surface area contributed by atoms with Crippen molar-refractivity contribution in [3.63, 3.8) is 0 Å². The Balaban J connectivity index is 3.59. The number of hydrogen-bond acceptors (Lipinski definition) is 2. The lowest BCUT2D eigenvalue weighted by molar-refractivity contribution is -0.163. The highest BCUT2D eigenvalue weighted by atomic mass is 32.1. The Labute approximate surface area is 91.1 Å². The average Bonchev–Trinajstić information content (AvgIpc) is 2.05. The SMILES string of the molecule is Oc1ccc(C(F)(F)F)c(C(F)(F)F)c1S. The molecule has 0 saturated carbocycles. The number of phenols is 1. The summed E-state index contributed by atoms with van der Waals surface area (Å²) in [6, 6.07) is 0.679. The van der Waals surface area contributed by atoms with Crippen molar-refractivity contribution in [2.45, 2.75) is 17.2 Å². The predicted octanol–water partition coefficient (Wildman–Crippen LogP) is 3.72. The highest BCUT2D eigenvalue weighted by Gasteiger charge is 2.45. The van der Waals surface area contributed by atoms with Crippen LogP contribution in [-0.4, -0.2) is 5.11 Å². The Bertz CT molecular complexity index is 408. The monoisotopic (exact) mass is 262 g/mol. The molecule has 0 aromatic heterocycles. The smallest absolute Gasteiger partial charge is 0.418 e. The van der Waals surface area contributed by atoms with Crippen molar-refractivity contribution in [1.82, 2.24) is 0 Å². The molecule has 0 amide bonds. The minimum atomic E-state index is -5.24. The van der Waals surface area contributed by atoms with E-state index in [0.29, 0.717) is 6.07 Å². The van der Waals surface area contributed by atoms with Crippen LogP contribution in [0.25, 0.3) is 0 Å². The summed E-state index contributed by atoms with van der Waals surface area (Å²) in [4.78, 5) is -1.14. The van der Waals surface area contributed by atoms with Crippen molar-refractivity contribution in [2.24, 2.45) is 0 Å². The summed E-state index contributed by atoms with van der Waals surface area (Å²) in [5, 5.41) is 8.91. The van der Waals surface area contributed by atoms with Gasteiger partial charge in [-0.25, -0.2) is 0 Å². The van der Waals surface area contributed by atoms with Gasteiger partial charge in [0.1, 0.15) is 5.75 Å². The Hall–Kier alpha value is -1.05. The van der Waals surface area contributed by atoms with Gasteiger partial charge in [-0.3, -0.25) is 0 Å². The van der Waals surface area contributed by atoms with Gasteiger partial charge in [-0.15, -0.1) is 12.6 Å². The van der Waals surface area contributed by atoms with Crippen molar-refractivity contribution in [3.8, 4) is 5.75 Å². The fraction of sp³-hybridized carbons (Fsp3) is 0.250. The summed E-state index contributed by atoms with van der Waals surface area (Å²) in [5.41, 5.74) is -3.86. The molecule has 1 nitrogen and oxygen atoms in total. The quantitative estimate of drug-likeness (QED) is 0.539. The highest BCUT2D eigenvalue weighted by Crippen LogP contribution is 2.45. The molecule has 1 aromatic rings. The van der Waals surface area contributed by atoms with Gasteiger partial charge in [-0.2, -0.15) is 26.3 Å². The fourth-order valence-electron chi connectivity index (χ4n) is 1.10. The molecule has 1 aromatic carbocycles. The van der Waals surface area contributed by atoms with Crippen molar-refractivity contribution in [1.29, 1.82) is 0 Å². The molecule has 0 heterocycles. The van der Waals surface area contributed by atoms with E-state index in [1.54, 1.807) is 0 Å². The number of aromatic hydroxyl groups is 1. The van der Waals surface area contributed by atoms with Crippen LogP contribution in [0, 0.1) is 0 Å². The molecule has 0 spiro atoms. The van der Waals surface area contributed by atoms with Crippen molar-refractivity contribution in [3.05, 3.63) is 23.3 Å². The Morgan fingerprint density at radius 2 is 1.44 bits per heavy atom. The Morgan fingerprint density at radius 3 is 1.81 bits per heavy atom. The molecule has 0 saturated heterocycles. The van der Waals surface area contributed by atoms with E-state index in [2.05, 4.69) is 12.6 Å². The lowest BCUT2D eigenvalue weighted by atomic mass is 10.1. The van der Waals surface area contributed by atoms with Crippen LogP contribution in [0.4, 0.5) is 26.3 Å². The van der Waals surface area contributed by atoms with Gasteiger partial charge in [0.2, 0.25) is 0 Å². The fourth-order valence-corrected chi connectivity index (χ4v) is 1.43. The average molecular weight is 262 g/mol. The molecule has 16 heavy (non-hydrogen) atoms. The third-order valence-electron chi connectivity index (χ3n) is 1.75. The van der Waals surface area contributed by atoms with Crippen LogP contribution in [0.1, 0.15) is 11.1 Å². The normalized spacial score (nSPS) is 12.9. The summed E-state index contributed by atoms with van der Waals surface area (Å²) in [6.45, 7) is 0. The maximum Gasteiger partial charge on any atom is 0.418 e. The summed E-state index contributed by atoms with van der Waals surface area (Å²) in [5.74, 6) is -0.955. The minimum Gasteiger partial charge on any atom is -0.507 e. The lowest BCUT2D eigenvalue weighted by Crippen LogP contribution is -2.17.